The fourth-order valence-corrected chi connectivity index (χ4v) is 2.89. The van der Waals surface area contributed by atoms with E-state index < -0.39 is 0 Å². The molecule has 0 saturated carbocycles. The molecule has 1 aromatic heterocycles. The molecule has 0 aliphatic carbocycles. The van der Waals surface area contributed by atoms with Crippen LogP contribution < -0.4 is 5.32 Å². The second-order valence-electron chi connectivity index (χ2n) is 7.26. The predicted octanol–water partition coefficient (Wildman–Crippen LogP) is 3.78. The molecule has 0 spiro atoms. The van der Waals surface area contributed by atoms with Gasteiger partial charge in [0.2, 0.25) is 0 Å². The number of likely N-dealkylation sites (N-methyl/N-ethyl adjacent to an activating group) is 1. The van der Waals surface area contributed by atoms with Gasteiger partial charge in [-0.05, 0) is 27.3 Å². The third kappa shape index (κ3) is 6.33. The van der Waals surface area contributed by atoms with Crippen molar-refractivity contribution in [1.82, 2.24) is 10.3 Å². The zero-order chi connectivity index (χ0) is 15.4. The molecule has 3 nitrogen and oxygen atoms in total. The van der Waals surface area contributed by atoms with Crippen molar-refractivity contribution in [3.63, 3.8) is 0 Å². The number of ether oxygens (including phenoxy) is 1. The van der Waals surface area contributed by atoms with E-state index in [2.05, 4.69) is 59.2 Å². The molecule has 1 aromatic rings. The first-order chi connectivity index (χ1) is 9.12. The van der Waals surface area contributed by atoms with Crippen LogP contribution in [-0.2, 0) is 16.6 Å². The van der Waals surface area contributed by atoms with Crippen molar-refractivity contribution in [3.05, 3.63) is 16.1 Å². The van der Waals surface area contributed by atoms with Gasteiger partial charge >= 0.3 is 0 Å². The average Bonchev–Trinajstić information content (AvgIpc) is 2.73. The van der Waals surface area contributed by atoms with Crippen molar-refractivity contribution < 1.29 is 4.74 Å². The summed E-state index contributed by atoms with van der Waals surface area (Å²) >= 11 is 1.76. The summed E-state index contributed by atoms with van der Waals surface area (Å²) in [4.78, 5) is 4.77. The molecule has 116 valence electrons. The van der Waals surface area contributed by atoms with Gasteiger partial charge in [0.25, 0.3) is 0 Å². The number of rotatable bonds is 6. The van der Waals surface area contributed by atoms with E-state index in [4.69, 9.17) is 9.72 Å². The monoisotopic (exact) mass is 298 g/mol. The van der Waals surface area contributed by atoms with Crippen LogP contribution in [0.5, 0.6) is 0 Å². The minimum Gasteiger partial charge on any atom is -0.374 e. The Balaban J connectivity index is 2.63. The second-order valence-corrected chi connectivity index (χ2v) is 8.20. The first-order valence-electron chi connectivity index (χ1n) is 7.44. The number of hydrogen-bond donors (Lipinski definition) is 1. The topological polar surface area (TPSA) is 34.1 Å². The lowest BCUT2D eigenvalue weighted by atomic mass is 9.93. The van der Waals surface area contributed by atoms with Crippen molar-refractivity contribution in [2.24, 2.45) is 0 Å². The lowest BCUT2D eigenvalue weighted by molar-refractivity contribution is -0.0141. The average molecular weight is 298 g/mol. The maximum atomic E-state index is 5.90. The summed E-state index contributed by atoms with van der Waals surface area (Å²) in [5.74, 6) is 0. The minimum absolute atomic E-state index is 0.0902. The number of aromatic nitrogens is 1. The molecular formula is C16H30N2OS. The van der Waals surface area contributed by atoms with Crippen LogP contribution >= 0.6 is 11.3 Å². The molecule has 0 saturated heterocycles. The van der Waals surface area contributed by atoms with Crippen LogP contribution in [0.2, 0.25) is 0 Å². The van der Waals surface area contributed by atoms with Gasteiger partial charge in [-0.25, -0.2) is 4.98 Å². The van der Waals surface area contributed by atoms with Gasteiger partial charge in [0.1, 0.15) is 0 Å². The van der Waals surface area contributed by atoms with E-state index in [1.807, 2.05) is 0 Å². The molecule has 0 amide bonds. The van der Waals surface area contributed by atoms with Gasteiger partial charge in [-0.3, -0.25) is 0 Å². The van der Waals surface area contributed by atoms with E-state index in [-0.39, 0.29) is 11.0 Å². The summed E-state index contributed by atoms with van der Waals surface area (Å²) in [5, 5.41) is 6.87. The largest absolute Gasteiger partial charge is 0.374 e. The molecule has 20 heavy (non-hydrogen) atoms. The standard InChI is InChI=1S/C16H30N2OS/c1-8-17-12(10-19-16(5,6)7)9-14-18-13(11-20-14)15(2,3)4/h11-12,17H,8-10H2,1-7H3. The van der Waals surface area contributed by atoms with Crippen molar-refractivity contribution in [2.45, 2.75) is 71.9 Å². The normalized spacial score (nSPS) is 14.6. The molecule has 1 heterocycles. The molecule has 0 aliphatic heterocycles. The SMILES string of the molecule is CCNC(COC(C)(C)C)Cc1nc(C(C)(C)C)cs1. The maximum absolute atomic E-state index is 5.90. The van der Waals surface area contributed by atoms with E-state index in [1.54, 1.807) is 11.3 Å². The number of nitrogens with one attached hydrogen (secondary N) is 1. The van der Waals surface area contributed by atoms with Crippen LogP contribution in [-0.4, -0.2) is 29.8 Å². The van der Waals surface area contributed by atoms with Crippen LogP contribution in [0.4, 0.5) is 0 Å². The maximum Gasteiger partial charge on any atom is 0.0944 e. The van der Waals surface area contributed by atoms with Gasteiger partial charge in [0.05, 0.1) is 22.9 Å². The predicted molar refractivity (Wildman–Crippen MR) is 87.7 cm³/mol. The Morgan fingerprint density at radius 2 is 1.90 bits per heavy atom. The molecule has 1 atom stereocenters. The fourth-order valence-electron chi connectivity index (χ4n) is 1.79. The van der Waals surface area contributed by atoms with Gasteiger partial charge in [-0.1, -0.05) is 27.7 Å². The number of hydrogen-bond acceptors (Lipinski definition) is 4. The molecule has 0 aromatic carbocycles. The molecule has 1 rings (SSSR count). The Morgan fingerprint density at radius 3 is 2.35 bits per heavy atom. The van der Waals surface area contributed by atoms with Gasteiger partial charge in [-0.2, -0.15) is 0 Å². The quantitative estimate of drug-likeness (QED) is 0.868. The molecule has 0 radical (unpaired) electrons. The van der Waals surface area contributed by atoms with Crippen molar-refractivity contribution >= 4 is 11.3 Å². The third-order valence-electron chi connectivity index (χ3n) is 2.95. The highest BCUT2D eigenvalue weighted by Crippen LogP contribution is 2.24. The summed E-state index contributed by atoms with van der Waals surface area (Å²) < 4.78 is 5.90. The summed E-state index contributed by atoms with van der Waals surface area (Å²) in [7, 11) is 0. The molecule has 0 fully saturated rings. The van der Waals surface area contributed by atoms with Crippen molar-refractivity contribution in [2.75, 3.05) is 13.2 Å². The van der Waals surface area contributed by atoms with Crippen LogP contribution in [0.15, 0.2) is 5.38 Å². The molecule has 0 bridgehead atoms. The molecule has 1 N–H and O–H groups in total. The summed E-state index contributed by atoms with van der Waals surface area (Å²) in [6.45, 7) is 16.7. The number of nitrogens with zero attached hydrogens (tertiary/aromatic N) is 1. The summed E-state index contributed by atoms with van der Waals surface area (Å²) in [6, 6.07) is 0.332. The van der Waals surface area contributed by atoms with Crippen molar-refractivity contribution in [1.29, 1.82) is 0 Å². The van der Waals surface area contributed by atoms with Gasteiger partial charge in [0.15, 0.2) is 0 Å². The van der Waals surface area contributed by atoms with Crippen LogP contribution in [0.25, 0.3) is 0 Å². The highest BCUT2D eigenvalue weighted by molar-refractivity contribution is 7.09. The molecule has 1 unspecified atom stereocenters. The van der Waals surface area contributed by atoms with Crippen molar-refractivity contribution in [3.8, 4) is 0 Å². The minimum atomic E-state index is -0.0902. The van der Waals surface area contributed by atoms with E-state index in [9.17, 15) is 0 Å². The fraction of sp³-hybridized carbons (Fsp3) is 0.812. The van der Waals surface area contributed by atoms with Gasteiger partial charge < -0.3 is 10.1 Å². The summed E-state index contributed by atoms with van der Waals surface area (Å²) in [5.41, 5.74) is 1.22. The second kappa shape index (κ2) is 7.01. The van der Waals surface area contributed by atoms with E-state index >= 15 is 0 Å². The van der Waals surface area contributed by atoms with E-state index in [0.29, 0.717) is 6.04 Å². The smallest absolute Gasteiger partial charge is 0.0944 e. The third-order valence-corrected chi connectivity index (χ3v) is 3.82. The highest BCUT2D eigenvalue weighted by atomic mass is 32.1. The Kier molecular flexibility index (Phi) is 6.17. The number of thiazole rings is 1. The Hall–Kier alpha value is -0.450. The first-order valence-corrected chi connectivity index (χ1v) is 8.32. The molecule has 4 heteroatoms. The Bertz CT molecular complexity index is 401. The van der Waals surface area contributed by atoms with Crippen LogP contribution in [0.3, 0.4) is 0 Å². The lowest BCUT2D eigenvalue weighted by Crippen LogP contribution is -2.38. The van der Waals surface area contributed by atoms with Crippen LogP contribution in [0.1, 0.15) is 59.2 Å². The highest BCUT2D eigenvalue weighted by Gasteiger charge is 2.20. The van der Waals surface area contributed by atoms with E-state index in [1.165, 1.54) is 10.7 Å². The van der Waals surface area contributed by atoms with Gasteiger partial charge in [0, 0.05) is 23.3 Å². The first kappa shape index (κ1) is 17.6. The Morgan fingerprint density at radius 1 is 1.25 bits per heavy atom. The van der Waals surface area contributed by atoms with Gasteiger partial charge in [-0.15, -0.1) is 11.3 Å². The molecular weight excluding hydrogens is 268 g/mol. The lowest BCUT2D eigenvalue weighted by Gasteiger charge is -2.24. The summed E-state index contributed by atoms with van der Waals surface area (Å²) in [6.07, 6.45) is 0.935. The Labute approximate surface area is 128 Å². The van der Waals surface area contributed by atoms with E-state index in [0.717, 1.165) is 19.6 Å². The zero-order valence-electron chi connectivity index (χ0n) is 14.0. The zero-order valence-corrected chi connectivity index (χ0v) is 14.9. The molecule has 0 aliphatic rings. The van der Waals surface area contributed by atoms with Crippen LogP contribution in [0, 0.1) is 0 Å².